The number of ether oxygens (including phenoxy) is 1. The lowest BCUT2D eigenvalue weighted by Crippen LogP contribution is -2.48. The maximum absolute atomic E-state index is 15.7. The molecule has 0 radical (unpaired) electrons. The van der Waals surface area contributed by atoms with Gasteiger partial charge in [0.1, 0.15) is 6.50 Å². The molecule has 0 saturated carbocycles. The minimum atomic E-state index is -4.73. The highest BCUT2D eigenvalue weighted by molar-refractivity contribution is 7.98. The predicted octanol–water partition coefficient (Wildman–Crippen LogP) is 8.71. The van der Waals surface area contributed by atoms with E-state index < -0.39 is 171 Å². The van der Waals surface area contributed by atoms with E-state index in [4.69, 9.17) is 19.2 Å². The summed E-state index contributed by atoms with van der Waals surface area (Å²) in [4.78, 5) is 28.5. The number of piperidine rings is 1. The van der Waals surface area contributed by atoms with Gasteiger partial charge in [-0.15, -0.1) is 11.8 Å². The zero-order valence-corrected chi connectivity index (χ0v) is 28.2. The summed E-state index contributed by atoms with van der Waals surface area (Å²) in [6.07, 6.45) is -14.0. The number of halogens is 5. The molecule has 0 bridgehead atoms. The van der Waals surface area contributed by atoms with Crippen LogP contribution < -0.4 is 5.43 Å². The molecule has 1 aliphatic rings. The van der Waals surface area contributed by atoms with Crippen molar-refractivity contribution >= 4 is 28.6 Å². The fraction of sp³-hybridized carbons (Fsp3) is 0.317. The topological polar surface area (TPSA) is 54.8 Å². The fourth-order valence-corrected chi connectivity index (χ4v) is 5.54. The Bertz CT molecular complexity index is 3100. The van der Waals surface area contributed by atoms with Crippen molar-refractivity contribution < 1.29 is 60.3 Å². The van der Waals surface area contributed by atoms with Crippen LogP contribution in [0.15, 0.2) is 101 Å². The third kappa shape index (κ3) is 9.17. The number of pyridine rings is 1. The maximum Gasteiger partial charge on any atom is 0.416 e. The van der Waals surface area contributed by atoms with Crippen LogP contribution >= 0.6 is 11.8 Å². The summed E-state index contributed by atoms with van der Waals surface area (Å²) < 4.78 is 262. The Morgan fingerprint density at radius 1 is 1.04 bits per heavy atom. The molecule has 5 aromatic rings. The minimum absolute atomic E-state index is 0.0969. The first-order valence-corrected chi connectivity index (χ1v) is 16.0. The second kappa shape index (κ2) is 16.7. The molecule has 0 atom stereocenters. The molecule has 1 fully saturated rings. The molecule has 6 nitrogen and oxygen atoms in total. The van der Waals surface area contributed by atoms with Gasteiger partial charge >= 0.3 is 6.18 Å². The molecule has 1 aliphatic heterocycles. The van der Waals surface area contributed by atoms with E-state index in [0.29, 0.717) is 19.2 Å². The van der Waals surface area contributed by atoms with E-state index in [0.717, 1.165) is 49.4 Å². The summed E-state index contributed by atoms with van der Waals surface area (Å²) >= 11 is -0.442. The zero-order chi connectivity index (χ0) is 56.4. The number of nitrogens with zero attached hydrogens (tertiary/aromatic N) is 3. The lowest BCUT2D eigenvalue weighted by molar-refractivity contribution is -0.137. The second-order valence-corrected chi connectivity index (χ2v) is 11.8. The van der Waals surface area contributed by atoms with Gasteiger partial charge < -0.3 is 19.1 Å². The number of amides is 1. The van der Waals surface area contributed by atoms with Crippen LogP contribution in [0.4, 0.5) is 22.0 Å². The van der Waals surface area contributed by atoms with E-state index in [9.17, 15) is 32.0 Å². The van der Waals surface area contributed by atoms with E-state index in [2.05, 4.69) is 4.74 Å². The zero-order valence-electron chi connectivity index (χ0n) is 48.4. The van der Waals surface area contributed by atoms with Gasteiger partial charge in [-0.05, 0) is 72.2 Å². The normalized spacial score (nSPS) is 25.5. The highest BCUT2D eigenvalue weighted by Gasteiger charge is 2.31. The smallest absolute Gasteiger partial charge is 0.383 e. The van der Waals surface area contributed by atoms with Gasteiger partial charge in [-0.25, -0.2) is 8.78 Å². The minimum Gasteiger partial charge on any atom is -0.383 e. The number of hydrogen-bond donors (Lipinski definition) is 0. The lowest BCUT2D eigenvalue weighted by atomic mass is 10.00. The molecule has 0 aliphatic carbocycles. The molecule has 1 amide bonds. The molecular formula is C41H40F5N3O3S. The summed E-state index contributed by atoms with van der Waals surface area (Å²) in [6.45, 7) is -21.9. The highest BCUT2D eigenvalue weighted by Crippen LogP contribution is 2.32. The summed E-state index contributed by atoms with van der Waals surface area (Å²) in [6, 6.07) is 1.02. The van der Waals surface area contributed by atoms with Gasteiger partial charge in [0.25, 0.3) is 0 Å². The quantitative estimate of drug-likeness (QED) is 0.0940. The third-order valence-electron chi connectivity index (χ3n) is 7.40. The molecule has 0 spiro atoms. The number of hydrogen-bond acceptors (Lipinski definition) is 5. The maximum atomic E-state index is 15.7. The van der Waals surface area contributed by atoms with Crippen LogP contribution in [0.5, 0.6) is 0 Å². The molecule has 1 aromatic heterocycles. The molecule has 53 heavy (non-hydrogen) atoms. The third-order valence-corrected chi connectivity index (χ3v) is 8.20. The first-order valence-electron chi connectivity index (χ1n) is 25.7. The summed E-state index contributed by atoms with van der Waals surface area (Å²) in [5.41, 5.74) is -9.00. The van der Waals surface area contributed by atoms with Crippen molar-refractivity contribution in [3.63, 3.8) is 0 Å². The number of aromatic nitrogens is 1. The van der Waals surface area contributed by atoms with Crippen molar-refractivity contribution in [2.45, 2.75) is 55.6 Å². The number of alkyl halides is 3. The monoisotopic (exact) mass is 770 g/mol. The number of rotatable bonds is 12. The van der Waals surface area contributed by atoms with Crippen LogP contribution in [0.2, 0.25) is 0 Å². The van der Waals surface area contributed by atoms with Crippen molar-refractivity contribution in [1.29, 1.82) is 0 Å². The molecular weight excluding hydrogens is 710 g/mol. The van der Waals surface area contributed by atoms with Crippen molar-refractivity contribution in [2.24, 2.45) is 0 Å². The van der Waals surface area contributed by atoms with Crippen LogP contribution in [0.1, 0.15) is 63.8 Å². The number of fused-ring (bicyclic) bond motifs is 1. The number of likely N-dealkylation sites (tertiary alicyclic amines) is 1. The summed E-state index contributed by atoms with van der Waals surface area (Å²) in [7, 11) is 0.546. The molecule has 278 valence electrons. The van der Waals surface area contributed by atoms with E-state index in [1.165, 1.54) is 12.1 Å². The standard InChI is InChI=1S/C41H40F5N3O3S/c1-27-6-15-34-36(22-27)49(39(23-37(34)50)53-26-31-4-3-5-35(42)40(31)43)25-38(51)48(33-16-18-47(19-17-33)20-21-52-2)24-28-7-9-29(10-8-28)30-11-13-32(14-12-30)41(44,45)46/h3-15,22-23,33H,16-21,24-26H2,1-2H3/i6D,15D,16D2,17D2,18D2,19D2,20D2,21D2,22D,23D,25D2,26D2,33D. The van der Waals surface area contributed by atoms with Crippen LogP contribution in [-0.4, -0.2) is 59.5 Å². The summed E-state index contributed by atoms with van der Waals surface area (Å²) in [5, 5.41) is -2.53. The van der Waals surface area contributed by atoms with Gasteiger partial charge in [0.2, 0.25) is 5.91 Å². The molecule has 1 saturated heterocycles. The van der Waals surface area contributed by atoms with E-state index in [1.807, 2.05) is 0 Å². The Morgan fingerprint density at radius 3 is 2.38 bits per heavy atom. The number of methoxy groups -OCH3 is 1. The highest BCUT2D eigenvalue weighted by atomic mass is 32.2. The second-order valence-electron chi connectivity index (χ2n) is 11.0. The van der Waals surface area contributed by atoms with Gasteiger partial charge in [-0.3, -0.25) is 9.59 Å². The number of carbonyl (C=O) groups is 1. The Hall–Kier alpha value is -4.52. The van der Waals surface area contributed by atoms with Gasteiger partial charge in [-0.1, -0.05) is 54.6 Å². The van der Waals surface area contributed by atoms with Crippen molar-refractivity contribution in [3.8, 4) is 11.1 Å². The SMILES string of the molecule is [2H]c1c(C)c([2H])c2c(c1[2H])c(=O)c([2H])c(SC([2H])([2H])c1cccc(F)c1F)n2C([2H])([2H])C(=O)N(Cc1ccc(-c2ccc(C(F)(F)F)cc2)cc1)C1([2H])C([2H])([2H])C([2H])([2H])N(C([2H])([2H])C([2H])([2H])OC)C([2H])([2H])C1([2H])[2H]. The first kappa shape index (κ1) is 19.7. The molecule has 6 rings (SSSR count). The average molecular weight is 771 g/mol. The van der Waals surface area contributed by atoms with Crippen molar-refractivity contribution in [1.82, 2.24) is 14.4 Å². The van der Waals surface area contributed by atoms with E-state index in [-0.39, 0.29) is 21.3 Å². The van der Waals surface area contributed by atoms with Gasteiger partial charge in [0.05, 0.1) is 35.0 Å². The molecule has 2 heterocycles. The lowest BCUT2D eigenvalue weighted by Gasteiger charge is -2.39. The Morgan fingerprint density at radius 2 is 1.72 bits per heavy atom. The van der Waals surface area contributed by atoms with Crippen LogP contribution in [0, 0.1) is 18.6 Å². The fourth-order valence-electron chi connectivity index (χ4n) is 4.80. The Kier molecular flexibility index (Phi) is 6.19. The number of thioether (sulfide) groups is 1. The Labute approximate surface area is 338 Å². The molecule has 0 unspecified atom stereocenters. The first-order chi connectivity index (χ1) is 33.5. The van der Waals surface area contributed by atoms with E-state index >= 15 is 9.18 Å². The predicted molar refractivity (Wildman–Crippen MR) is 198 cm³/mol. The van der Waals surface area contributed by atoms with Crippen LogP contribution in [0.3, 0.4) is 0 Å². The summed E-state index contributed by atoms with van der Waals surface area (Å²) in [5.74, 6) is -5.91. The van der Waals surface area contributed by atoms with Gasteiger partial charge in [0.15, 0.2) is 17.1 Å². The van der Waals surface area contributed by atoms with E-state index in [1.54, 1.807) is 0 Å². The largest absolute Gasteiger partial charge is 0.416 e. The van der Waals surface area contributed by atoms with Gasteiger partial charge in [-0.2, -0.15) is 13.2 Å². The molecule has 0 N–H and O–H groups in total. The molecule has 4 aromatic carbocycles. The van der Waals surface area contributed by atoms with Crippen LogP contribution in [0.25, 0.3) is 22.0 Å². The number of carbonyl (C=O) groups excluding carboxylic acids is 1. The Balaban J connectivity index is 1.71. The molecule has 12 heteroatoms. The van der Waals surface area contributed by atoms with Crippen molar-refractivity contribution in [2.75, 3.05) is 33.2 Å². The van der Waals surface area contributed by atoms with Gasteiger partial charge in [0, 0.05) is 78.3 Å². The number of benzene rings is 4. The van der Waals surface area contributed by atoms with Crippen LogP contribution in [-0.2, 0) is 34.5 Å². The van der Waals surface area contributed by atoms with Crippen molar-refractivity contribution in [3.05, 3.63) is 135 Å². The average Bonchev–Trinajstić information content (AvgIpc) is 3.29.